The molecule has 0 spiro atoms. The van der Waals surface area contributed by atoms with Gasteiger partial charge in [-0.2, -0.15) is 0 Å². The van der Waals surface area contributed by atoms with Crippen LogP contribution in [-0.2, 0) is 6.42 Å². The number of hydrogen-bond donors (Lipinski definition) is 1. The molecule has 2 heterocycles. The molecular formula is C18H19IN2S. The van der Waals surface area contributed by atoms with Crippen LogP contribution in [0, 0.1) is 3.57 Å². The van der Waals surface area contributed by atoms with Crippen LogP contribution < -0.4 is 5.32 Å². The molecule has 0 aromatic heterocycles. The molecule has 4 rings (SSSR count). The Balaban J connectivity index is 1.78. The average molecular weight is 422 g/mol. The Hall–Kier alpha value is -0.560. The van der Waals surface area contributed by atoms with Crippen molar-refractivity contribution in [3.05, 3.63) is 57.2 Å². The number of hydrogen-bond acceptors (Lipinski definition) is 3. The van der Waals surface area contributed by atoms with Crippen LogP contribution in [0.5, 0.6) is 0 Å². The van der Waals surface area contributed by atoms with Crippen molar-refractivity contribution in [1.29, 1.82) is 0 Å². The monoisotopic (exact) mass is 422 g/mol. The molecule has 1 atom stereocenters. The van der Waals surface area contributed by atoms with Crippen LogP contribution in [0.2, 0.25) is 0 Å². The van der Waals surface area contributed by atoms with Gasteiger partial charge in [0.05, 0.1) is 0 Å². The van der Waals surface area contributed by atoms with Crippen molar-refractivity contribution in [2.45, 2.75) is 22.3 Å². The first kappa shape index (κ1) is 15.0. The second-order valence-electron chi connectivity index (χ2n) is 5.90. The van der Waals surface area contributed by atoms with E-state index in [1.54, 1.807) is 0 Å². The quantitative estimate of drug-likeness (QED) is 0.701. The Labute approximate surface area is 149 Å². The lowest BCUT2D eigenvalue weighted by atomic mass is 9.97. The van der Waals surface area contributed by atoms with Crippen molar-refractivity contribution in [2.24, 2.45) is 0 Å². The molecule has 2 aliphatic rings. The molecule has 0 saturated carbocycles. The molecule has 0 radical (unpaired) electrons. The van der Waals surface area contributed by atoms with Gasteiger partial charge in [-0.05, 0) is 64.4 Å². The minimum atomic E-state index is 0.505. The van der Waals surface area contributed by atoms with E-state index in [1.807, 2.05) is 11.8 Å². The largest absolute Gasteiger partial charge is 0.314 e. The summed E-state index contributed by atoms with van der Waals surface area (Å²) in [5, 5.41) is 3.47. The summed E-state index contributed by atoms with van der Waals surface area (Å²) in [7, 11) is 0. The lowest BCUT2D eigenvalue weighted by Crippen LogP contribution is -2.45. The first-order valence-electron chi connectivity index (χ1n) is 7.81. The second-order valence-corrected chi connectivity index (χ2v) is 8.23. The number of nitrogens with zero attached hydrogens (tertiary/aromatic N) is 1. The summed E-state index contributed by atoms with van der Waals surface area (Å²) in [6.45, 7) is 4.49. The Morgan fingerprint density at radius 3 is 2.73 bits per heavy atom. The van der Waals surface area contributed by atoms with E-state index in [2.05, 4.69) is 75.3 Å². The summed E-state index contributed by atoms with van der Waals surface area (Å²) in [5.74, 6) is 0. The number of benzene rings is 2. The summed E-state index contributed by atoms with van der Waals surface area (Å²) in [6.07, 6.45) is 1.12. The number of rotatable bonds is 1. The van der Waals surface area contributed by atoms with Gasteiger partial charge in [-0.25, -0.2) is 0 Å². The van der Waals surface area contributed by atoms with Crippen LogP contribution in [0.15, 0.2) is 52.3 Å². The highest BCUT2D eigenvalue weighted by Gasteiger charge is 2.28. The normalized spacial score (nSPS) is 21.8. The molecule has 2 aromatic carbocycles. The molecule has 1 fully saturated rings. The van der Waals surface area contributed by atoms with E-state index in [-0.39, 0.29) is 0 Å². The molecule has 2 aliphatic heterocycles. The van der Waals surface area contributed by atoms with Gasteiger partial charge in [-0.1, -0.05) is 30.0 Å². The van der Waals surface area contributed by atoms with E-state index >= 15 is 0 Å². The van der Waals surface area contributed by atoms with Gasteiger partial charge in [-0.15, -0.1) is 0 Å². The van der Waals surface area contributed by atoms with Gasteiger partial charge < -0.3 is 5.32 Å². The van der Waals surface area contributed by atoms with Crippen LogP contribution in [-0.4, -0.2) is 31.1 Å². The average Bonchev–Trinajstić information content (AvgIpc) is 2.72. The van der Waals surface area contributed by atoms with E-state index in [0.717, 1.165) is 32.6 Å². The summed E-state index contributed by atoms with van der Waals surface area (Å²) in [6, 6.07) is 16.3. The fraction of sp³-hybridized carbons (Fsp3) is 0.333. The van der Waals surface area contributed by atoms with E-state index < -0.39 is 0 Å². The molecule has 1 N–H and O–H groups in total. The Morgan fingerprint density at radius 1 is 1.05 bits per heavy atom. The molecule has 0 bridgehead atoms. The fourth-order valence-corrected chi connectivity index (χ4v) is 5.08. The maximum Gasteiger partial charge on any atom is 0.0401 e. The zero-order valence-electron chi connectivity index (χ0n) is 12.4. The molecule has 0 amide bonds. The van der Waals surface area contributed by atoms with Crippen LogP contribution in [0.1, 0.15) is 17.2 Å². The third kappa shape index (κ3) is 2.94. The Morgan fingerprint density at radius 2 is 1.86 bits per heavy atom. The minimum absolute atomic E-state index is 0.505. The van der Waals surface area contributed by atoms with Gasteiger partial charge in [-0.3, -0.25) is 4.90 Å². The molecule has 1 unspecified atom stereocenters. The van der Waals surface area contributed by atoms with Crippen molar-refractivity contribution >= 4 is 34.4 Å². The van der Waals surface area contributed by atoms with Crippen molar-refractivity contribution < 1.29 is 0 Å². The second kappa shape index (κ2) is 6.51. The number of nitrogens with one attached hydrogen (secondary N) is 1. The van der Waals surface area contributed by atoms with Gasteiger partial charge in [0.25, 0.3) is 0 Å². The zero-order valence-corrected chi connectivity index (χ0v) is 15.4. The number of halogens is 1. The smallest absolute Gasteiger partial charge is 0.0401 e. The minimum Gasteiger partial charge on any atom is -0.314 e. The SMILES string of the molecule is Ic1ccc2c(c1)CC(N1CCNCC1)c1ccccc1S2. The van der Waals surface area contributed by atoms with Gasteiger partial charge >= 0.3 is 0 Å². The van der Waals surface area contributed by atoms with E-state index in [4.69, 9.17) is 0 Å². The molecule has 0 aliphatic carbocycles. The highest BCUT2D eigenvalue weighted by atomic mass is 127. The fourth-order valence-electron chi connectivity index (χ4n) is 3.41. The standard InChI is InChI=1S/C18H19IN2S/c19-14-5-6-17-13(11-14)12-16(21-9-7-20-8-10-21)15-3-1-2-4-18(15)22-17/h1-6,11,16,20H,7-10,12H2. The van der Waals surface area contributed by atoms with Crippen molar-refractivity contribution in [2.75, 3.05) is 26.2 Å². The number of piperazine rings is 1. The summed E-state index contributed by atoms with van der Waals surface area (Å²) in [4.78, 5) is 5.50. The van der Waals surface area contributed by atoms with E-state index in [0.29, 0.717) is 6.04 Å². The summed E-state index contributed by atoms with van der Waals surface area (Å²) >= 11 is 4.36. The van der Waals surface area contributed by atoms with Crippen LogP contribution in [0.3, 0.4) is 0 Å². The predicted octanol–water partition coefficient (Wildman–Crippen LogP) is 3.94. The molecule has 4 heteroatoms. The van der Waals surface area contributed by atoms with Gasteiger partial charge in [0.2, 0.25) is 0 Å². The maximum absolute atomic E-state index is 3.47. The van der Waals surface area contributed by atoms with Crippen LogP contribution in [0.4, 0.5) is 0 Å². The molecule has 22 heavy (non-hydrogen) atoms. The third-order valence-corrected chi connectivity index (χ3v) is 6.41. The first-order valence-corrected chi connectivity index (χ1v) is 9.71. The predicted molar refractivity (Wildman–Crippen MR) is 101 cm³/mol. The maximum atomic E-state index is 3.47. The van der Waals surface area contributed by atoms with Gasteiger partial charge in [0.1, 0.15) is 0 Å². The molecular weight excluding hydrogens is 403 g/mol. The summed E-state index contributed by atoms with van der Waals surface area (Å²) in [5.41, 5.74) is 3.00. The van der Waals surface area contributed by atoms with E-state index in [9.17, 15) is 0 Å². The highest BCUT2D eigenvalue weighted by molar-refractivity contribution is 14.1. The van der Waals surface area contributed by atoms with Crippen LogP contribution >= 0.6 is 34.4 Å². The lowest BCUT2D eigenvalue weighted by Gasteiger charge is -2.35. The van der Waals surface area contributed by atoms with Crippen molar-refractivity contribution in [3.63, 3.8) is 0 Å². The molecule has 2 aromatic rings. The summed E-state index contributed by atoms with van der Waals surface area (Å²) < 4.78 is 1.34. The van der Waals surface area contributed by atoms with E-state index in [1.165, 1.54) is 24.5 Å². The molecule has 2 nitrogen and oxygen atoms in total. The van der Waals surface area contributed by atoms with Crippen molar-refractivity contribution in [3.8, 4) is 0 Å². The van der Waals surface area contributed by atoms with Crippen molar-refractivity contribution in [1.82, 2.24) is 10.2 Å². The third-order valence-electron chi connectivity index (χ3n) is 4.53. The first-order chi connectivity index (χ1) is 10.8. The number of fused-ring (bicyclic) bond motifs is 2. The van der Waals surface area contributed by atoms with Crippen LogP contribution in [0.25, 0.3) is 0 Å². The topological polar surface area (TPSA) is 15.3 Å². The molecule has 1 saturated heterocycles. The zero-order chi connectivity index (χ0) is 14.9. The highest BCUT2D eigenvalue weighted by Crippen LogP contribution is 2.43. The Bertz CT molecular complexity index is 683. The lowest BCUT2D eigenvalue weighted by molar-refractivity contribution is 0.170. The Kier molecular flexibility index (Phi) is 4.44. The molecule has 114 valence electrons. The van der Waals surface area contributed by atoms with Gasteiger partial charge in [0.15, 0.2) is 0 Å². The van der Waals surface area contributed by atoms with Gasteiger partial charge in [0, 0.05) is 45.6 Å².